The lowest BCUT2D eigenvalue weighted by atomic mass is 10.3. The number of nitrogens with zero attached hydrogens (tertiary/aromatic N) is 1. The molecule has 4 nitrogen and oxygen atoms in total. The van der Waals surface area contributed by atoms with Crippen molar-refractivity contribution in [1.82, 2.24) is 4.98 Å². The maximum atomic E-state index is 6.11. The summed E-state index contributed by atoms with van der Waals surface area (Å²) < 4.78 is 11.3. The predicted molar refractivity (Wildman–Crippen MR) is 75.8 cm³/mol. The molecule has 0 aliphatic carbocycles. The second-order valence-corrected chi connectivity index (χ2v) is 5.21. The van der Waals surface area contributed by atoms with Gasteiger partial charge in [-0.2, -0.15) is 0 Å². The van der Waals surface area contributed by atoms with Crippen molar-refractivity contribution in [2.75, 3.05) is 32.7 Å². The van der Waals surface area contributed by atoms with E-state index in [1.807, 2.05) is 18.2 Å². The van der Waals surface area contributed by atoms with Crippen molar-refractivity contribution < 1.29 is 9.47 Å². The van der Waals surface area contributed by atoms with Crippen LogP contribution in [0.1, 0.15) is 0 Å². The summed E-state index contributed by atoms with van der Waals surface area (Å²) in [5.41, 5.74) is 0.913. The van der Waals surface area contributed by atoms with E-state index in [9.17, 15) is 0 Å². The molecule has 0 saturated heterocycles. The number of rotatable bonds is 6. The van der Waals surface area contributed by atoms with E-state index in [4.69, 9.17) is 21.1 Å². The Morgan fingerprint density at radius 3 is 2.94 bits per heavy atom. The van der Waals surface area contributed by atoms with E-state index in [0.29, 0.717) is 13.2 Å². The largest absolute Gasteiger partial charge is 0.382 e. The lowest BCUT2D eigenvalue weighted by Gasteiger charge is -2.14. The van der Waals surface area contributed by atoms with Crippen LogP contribution in [0, 0.1) is 0 Å². The molecule has 1 atom stereocenters. The highest BCUT2D eigenvalue weighted by atomic mass is 35.5. The van der Waals surface area contributed by atoms with Crippen molar-refractivity contribution in [3.8, 4) is 0 Å². The maximum Gasteiger partial charge on any atom is 0.183 e. The molecule has 18 heavy (non-hydrogen) atoms. The fraction of sp³-hybridized carbons (Fsp3) is 0.417. The number of thiazole rings is 1. The average molecular weight is 287 g/mol. The van der Waals surface area contributed by atoms with Gasteiger partial charge in [0, 0.05) is 20.8 Å². The zero-order valence-corrected chi connectivity index (χ0v) is 11.8. The van der Waals surface area contributed by atoms with Gasteiger partial charge < -0.3 is 14.8 Å². The first-order valence-corrected chi connectivity index (χ1v) is 6.74. The number of nitrogens with one attached hydrogen (secondary N) is 1. The van der Waals surface area contributed by atoms with Crippen LogP contribution in [0.25, 0.3) is 10.2 Å². The summed E-state index contributed by atoms with van der Waals surface area (Å²) in [7, 11) is 3.32. The molecule has 6 heteroatoms. The first-order chi connectivity index (χ1) is 8.74. The first kappa shape index (κ1) is 13.5. The van der Waals surface area contributed by atoms with E-state index in [-0.39, 0.29) is 6.10 Å². The standard InChI is InChI=1S/C12H15ClN2O2S/c1-16-7-8(17-2)6-14-12-15-10-5-3-4-9(13)11(10)18-12/h3-5,8H,6-7H2,1-2H3,(H,14,15). The summed E-state index contributed by atoms with van der Waals surface area (Å²) in [4.78, 5) is 4.47. The van der Waals surface area contributed by atoms with Gasteiger partial charge in [-0.15, -0.1) is 0 Å². The van der Waals surface area contributed by atoms with Gasteiger partial charge in [-0.05, 0) is 12.1 Å². The maximum absolute atomic E-state index is 6.11. The summed E-state index contributed by atoms with van der Waals surface area (Å²) in [6.07, 6.45) is 0.0116. The third-order valence-corrected chi connectivity index (χ3v) is 4.02. The van der Waals surface area contributed by atoms with E-state index in [0.717, 1.165) is 20.4 Å². The molecule has 0 radical (unpaired) electrons. The van der Waals surface area contributed by atoms with Gasteiger partial charge in [0.25, 0.3) is 0 Å². The molecule has 0 aliphatic rings. The van der Waals surface area contributed by atoms with Crippen LogP contribution in [-0.2, 0) is 9.47 Å². The number of aromatic nitrogens is 1. The molecule has 98 valence electrons. The minimum absolute atomic E-state index is 0.0116. The fourth-order valence-electron chi connectivity index (χ4n) is 1.59. The summed E-state index contributed by atoms with van der Waals surface area (Å²) in [6.45, 7) is 1.21. The quantitative estimate of drug-likeness (QED) is 0.886. The van der Waals surface area contributed by atoms with Gasteiger partial charge in [-0.25, -0.2) is 4.98 Å². The Bertz CT molecular complexity index is 518. The Labute approximate surface area is 115 Å². The van der Waals surface area contributed by atoms with Gasteiger partial charge in [0.05, 0.1) is 28.0 Å². The van der Waals surface area contributed by atoms with Gasteiger partial charge in [-0.1, -0.05) is 29.0 Å². The molecule has 1 N–H and O–H groups in total. The van der Waals surface area contributed by atoms with Crippen molar-refractivity contribution in [3.63, 3.8) is 0 Å². The van der Waals surface area contributed by atoms with Crippen LogP contribution < -0.4 is 5.32 Å². The molecule has 0 aliphatic heterocycles. The van der Waals surface area contributed by atoms with Crippen LogP contribution in [-0.4, -0.2) is 38.5 Å². The topological polar surface area (TPSA) is 43.4 Å². The SMILES string of the molecule is COCC(CNc1nc2cccc(Cl)c2s1)OC. The zero-order chi connectivity index (χ0) is 13.0. The number of hydrogen-bond acceptors (Lipinski definition) is 5. The third kappa shape index (κ3) is 3.11. The molecule has 2 aromatic rings. The molecule has 1 unspecified atom stereocenters. The highest BCUT2D eigenvalue weighted by Gasteiger charge is 2.10. The number of benzene rings is 1. The number of hydrogen-bond donors (Lipinski definition) is 1. The molecule has 1 aromatic carbocycles. The minimum atomic E-state index is 0.0116. The molecular weight excluding hydrogens is 272 g/mol. The normalized spacial score (nSPS) is 12.8. The van der Waals surface area contributed by atoms with Gasteiger partial charge in [0.15, 0.2) is 5.13 Å². The molecule has 0 spiro atoms. The summed E-state index contributed by atoms with van der Waals surface area (Å²) in [5, 5.41) is 4.82. The number of ether oxygens (including phenoxy) is 2. The Morgan fingerprint density at radius 1 is 1.44 bits per heavy atom. The van der Waals surface area contributed by atoms with Gasteiger partial charge >= 0.3 is 0 Å². The van der Waals surface area contributed by atoms with Gasteiger partial charge in [0.1, 0.15) is 0 Å². The third-order valence-electron chi connectivity index (χ3n) is 2.53. The molecule has 0 saturated carbocycles. The van der Waals surface area contributed by atoms with Crippen molar-refractivity contribution in [3.05, 3.63) is 23.2 Å². The monoisotopic (exact) mass is 286 g/mol. The smallest absolute Gasteiger partial charge is 0.183 e. The van der Waals surface area contributed by atoms with Crippen molar-refractivity contribution >= 4 is 38.3 Å². The molecule has 1 aromatic heterocycles. The van der Waals surface area contributed by atoms with Crippen molar-refractivity contribution in [2.24, 2.45) is 0 Å². The highest BCUT2D eigenvalue weighted by molar-refractivity contribution is 7.22. The fourth-order valence-corrected chi connectivity index (χ4v) is 2.75. The Morgan fingerprint density at radius 2 is 2.28 bits per heavy atom. The van der Waals surface area contributed by atoms with Crippen molar-refractivity contribution in [2.45, 2.75) is 6.10 Å². The van der Waals surface area contributed by atoms with E-state index in [1.54, 1.807) is 25.6 Å². The van der Waals surface area contributed by atoms with E-state index >= 15 is 0 Å². The van der Waals surface area contributed by atoms with Crippen LogP contribution in [0.3, 0.4) is 0 Å². The second-order valence-electron chi connectivity index (χ2n) is 3.80. The molecule has 0 fully saturated rings. The van der Waals surface area contributed by atoms with E-state index < -0.39 is 0 Å². The molecular formula is C12H15ClN2O2S. The van der Waals surface area contributed by atoms with Gasteiger partial charge in [-0.3, -0.25) is 0 Å². The van der Waals surface area contributed by atoms with Crippen molar-refractivity contribution in [1.29, 1.82) is 0 Å². The van der Waals surface area contributed by atoms with Crippen LogP contribution in [0.4, 0.5) is 5.13 Å². The second kappa shape index (κ2) is 6.33. The van der Waals surface area contributed by atoms with Gasteiger partial charge in [0.2, 0.25) is 0 Å². The summed E-state index contributed by atoms with van der Waals surface area (Å²) in [5.74, 6) is 0. The lowest BCUT2D eigenvalue weighted by Crippen LogP contribution is -2.26. The van der Waals surface area contributed by atoms with Crippen LogP contribution in [0.2, 0.25) is 5.02 Å². The minimum Gasteiger partial charge on any atom is -0.382 e. The zero-order valence-electron chi connectivity index (χ0n) is 10.3. The predicted octanol–water partition coefficient (Wildman–Crippen LogP) is 3.02. The lowest BCUT2D eigenvalue weighted by molar-refractivity contribution is 0.0365. The number of anilines is 1. The van der Waals surface area contributed by atoms with E-state index in [1.165, 1.54) is 0 Å². The molecule has 0 amide bonds. The van der Waals surface area contributed by atoms with Crippen LogP contribution >= 0.6 is 22.9 Å². The van der Waals surface area contributed by atoms with Crippen LogP contribution in [0.15, 0.2) is 18.2 Å². The molecule has 2 rings (SSSR count). The van der Waals surface area contributed by atoms with Crippen LogP contribution in [0.5, 0.6) is 0 Å². The summed E-state index contributed by atoms with van der Waals surface area (Å²) in [6, 6.07) is 5.72. The first-order valence-electron chi connectivity index (χ1n) is 5.55. The number of methoxy groups -OCH3 is 2. The Balaban J connectivity index is 2.06. The highest BCUT2D eigenvalue weighted by Crippen LogP contribution is 2.31. The number of fused-ring (bicyclic) bond motifs is 1. The van der Waals surface area contributed by atoms with E-state index in [2.05, 4.69) is 10.3 Å². The number of halogens is 1. The Hall–Kier alpha value is -0.880. The average Bonchev–Trinajstić information content (AvgIpc) is 2.79. The molecule has 1 heterocycles. The molecule has 0 bridgehead atoms. The Kier molecular flexibility index (Phi) is 4.77. The summed E-state index contributed by atoms with van der Waals surface area (Å²) >= 11 is 7.65.